The average molecular weight is 379 g/mol. The number of hydrogen-bond acceptors (Lipinski definition) is 4. The first-order valence-corrected chi connectivity index (χ1v) is 9.71. The number of amides is 1. The number of carbonyl (C=O) groups is 1. The third kappa shape index (κ3) is 3.79. The predicted molar refractivity (Wildman–Crippen MR) is 107 cm³/mol. The van der Waals surface area contributed by atoms with E-state index in [4.69, 9.17) is 5.11 Å². The van der Waals surface area contributed by atoms with Gasteiger partial charge in [-0.3, -0.25) is 4.79 Å². The zero-order valence-corrected chi connectivity index (χ0v) is 15.8. The molecule has 3 aromatic rings. The number of fused-ring (bicyclic) bond motifs is 1. The van der Waals surface area contributed by atoms with Crippen LogP contribution in [0.1, 0.15) is 27.9 Å². The van der Waals surface area contributed by atoms with E-state index in [1.807, 2.05) is 45.9 Å². The van der Waals surface area contributed by atoms with E-state index in [0.717, 1.165) is 42.5 Å². The highest BCUT2D eigenvalue weighted by Gasteiger charge is 2.27. The summed E-state index contributed by atoms with van der Waals surface area (Å²) < 4.78 is 1.88. The number of aliphatic hydroxyl groups excluding tert-OH is 2. The Labute approximate surface area is 164 Å². The molecule has 1 aliphatic rings. The maximum absolute atomic E-state index is 12.9. The Kier molecular flexibility index (Phi) is 5.41. The number of likely N-dealkylation sites (tertiary alicyclic amines) is 1. The fourth-order valence-electron chi connectivity index (χ4n) is 4.04. The zero-order chi connectivity index (χ0) is 19.5. The molecular weight excluding hydrogens is 354 g/mol. The van der Waals surface area contributed by atoms with Crippen LogP contribution in [0.5, 0.6) is 0 Å². The van der Waals surface area contributed by atoms with Crippen molar-refractivity contribution in [3.05, 3.63) is 65.5 Å². The van der Waals surface area contributed by atoms with Crippen LogP contribution in [0.2, 0.25) is 0 Å². The highest BCUT2D eigenvalue weighted by Crippen LogP contribution is 2.24. The van der Waals surface area contributed by atoms with E-state index in [1.54, 1.807) is 6.33 Å². The molecule has 2 aromatic carbocycles. The van der Waals surface area contributed by atoms with Gasteiger partial charge in [0.05, 0.1) is 30.6 Å². The van der Waals surface area contributed by atoms with Gasteiger partial charge in [0.25, 0.3) is 5.91 Å². The van der Waals surface area contributed by atoms with Gasteiger partial charge in [0.1, 0.15) is 0 Å². The number of imidazole rings is 1. The fourth-order valence-corrected chi connectivity index (χ4v) is 4.04. The Morgan fingerprint density at radius 2 is 2.00 bits per heavy atom. The molecule has 0 unspecified atom stereocenters. The highest BCUT2D eigenvalue weighted by molar-refractivity contribution is 5.97. The van der Waals surface area contributed by atoms with Gasteiger partial charge in [-0.15, -0.1) is 0 Å². The van der Waals surface area contributed by atoms with Crippen molar-refractivity contribution in [3.8, 4) is 0 Å². The molecule has 2 N–H and O–H groups in total. The molecule has 0 aliphatic carbocycles. The van der Waals surface area contributed by atoms with E-state index >= 15 is 0 Å². The molecular formula is C22H25N3O3. The number of rotatable bonds is 6. The summed E-state index contributed by atoms with van der Waals surface area (Å²) in [6.45, 7) is 2.12. The SMILES string of the molecule is O=C(c1ccc2c(c1)ncn2CCO)N1CC[C@@H](Cc2cccc(CO)c2)C1. The summed E-state index contributed by atoms with van der Waals surface area (Å²) in [7, 11) is 0. The minimum atomic E-state index is 0.0465. The first-order chi connectivity index (χ1) is 13.7. The molecule has 146 valence electrons. The number of aromatic nitrogens is 2. The third-order valence-electron chi connectivity index (χ3n) is 5.48. The van der Waals surface area contributed by atoms with Crippen molar-refractivity contribution in [2.75, 3.05) is 19.7 Å². The van der Waals surface area contributed by atoms with E-state index in [9.17, 15) is 9.90 Å². The van der Waals surface area contributed by atoms with Gasteiger partial charge in [-0.05, 0) is 48.1 Å². The van der Waals surface area contributed by atoms with Crippen LogP contribution in [0.4, 0.5) is 0 Å². The van der Waals surface area contributed by atoms with Gasteiger partial charge >= 0.3 is 0 Å². The highest BCUT2D eigenvalue weighted by atomic mass is 16.3. The summed E-state index contributed by atoms with van der Waals surface area (Å²) in [5.41, 5.74) is 4.49. The summed E-state index contributed by atoms with van der Waals surface area (Å²) in [6.07, 6.45) is 3.60. The Morgan fingerprint density at radius 3 is 2.82 bits per heavy atom. The van der Waals surface area contributed by atoms with E-state index in [-0.39, 0.29) is 19.1 Å². The normalized spacial score (nSPS) is 16.8. The summed E-state index contributed by atoms with van der Waals surface area (Å²) in [4.78, 5) is 19.2. The molecule has 1 atom stereocenters. The van der Waals surface area contributed by atoms with Crippen molar-refractivity contribution >= 4 is 16.9 Å². The molecule has 1 aromatic heterocycles. The van der Waals surface area contributed by atoms with Crippen LogP contribution in [0, 0.1) is 5.92 Å². The van der Waals surface area contributed by atoms with Gasteiger partial charge in [0.15, 0.2) is 0 Å². The molecule has 6 heteroatoms. The van der Waals surface area contributed by atoms with E-state index in [1.165, 1.54) is 5.56 Å². The quantitative estimate of drug-likeness (QED) is 0.688. The fraction of sp³-hybridized carbons (Fsp3) is 0.364. The topological polar surface area (TPSA) is 78.6 Å². The van der Waals surface area contributed by atoms with Crippen LogP contribution in [0.25, 0.3) is 11.0 Å². The number of benzene rings is 2. The van der Waals surface area contributed by atoms with Crippen molar-refractivity contribution in [1.29, 1.82) is 0 Å². The van der Waals surface area contributed by atoms with Gasteiger partial charge in [0, 0.05) is 25.2 Å². The Morgan fingerprint density at radius 1 is 1.14 bits per heavy atom. The molecule has 1 fully saturated rings. The van der Waals surface area contributed by atoms with Crippen molar-refractivity contribution in [1.82, 2.24) is 14.5 Å². The Bertz CT molecular complexity index is 982. The van der Waals surface area contributed by atoms with E-state index < -0.39 is 0 Å². The average Bonchev–Trinajstić information content (AvgIpc) is 3.35. The largest absolute Gasteiger partial charge is 0.395 e. The maximum atomic E-state index is 12.9. The summed E-state index contributed by atoms with van der Waals surface area (Å²) in [6, 6.07) is 13.6. The molecule has 2 heterocycles. The molecule has 4 rings (SSSR count). The molecule has 1 amide bonds. The minimum Gasteiger partial charge on any atom is -0.395 e. The van der Waals surface area contributed by atoms with E-state index in [0.29, 0.717) is 18.0 Å². The maximum Gasteiger partial charge on any atom is 0.253 e. The second-order valence-electron chi connectivity index (χ2n) is 7.45. The lowest BCUT2D eigenvalue weighted by Gasteiger charge is -2.17. The number of carbonyl (C=O) groups excluding carboxylic acids is 1. The summed E-state index contributed by atoms with van der Waals surface area (Å²) in [5.74, 6) is 0.482. The molecule has 0 spiro atoms. The predicted octanol–water partition coefficient (Wildman–Crippen LogP) is 2.23. The lowest BCUT2D eigenvalue weighted by Crippen LogP contribution is -2.28. The Balaban J connectivity index is 1.43. The van der Waals surface area contributed by atoms with Crippen LogP contribution in [-0.4, -0.2) is 50.3 Å². The van der Waals surface area contributed by atoms with Crippen LogP contribution in [0.15, 0.2) is 48.8 Å². The number of aliphatic hydroxyl groups is 2. The van der Waals surface area contributed by atoms with Crippen LogP contribution < -0.4 is 0 Å². The molecule has 0 saturated carbocycles. The monoisotopic (exact) mass is 379 g/mol. The van der Waals surface area contributed by atoms with Crippen LogP contribution >= 0.6 is 0 Å². The molecule has 28 heavy (non-hydrogen) atoms. The van der Waals surface area contributed by atoms with Gasteiger partial charge in [0.2, 0.25) is 0 Å². The molecule has 0 bridgehead atoms. The summed E-state index contributed by atoms with van der Waals surface area (Å²) in [5, 5.41) is 18.4. The van der Waals surface area contributed by atoms with E-state index in [2.05, 4.69) is 11.1 Å². The van der Waals surface area contributed by atoms with Crippen molar-refractivity contribution in [2.45, 2.75) is 26.0 Å². The lowest BCUT2D eigenvalue weighted by molar-refractivity contribution is 0.0787. The zero-order valence-electron chi connectivity index (χ0n) is 15.8. The van der Waals surface area contributed by atoms with Gasteiger partial charge < -0.3 is 19.7 Å². The number of nitrogens with zero attached hydrogens (tertiary/aromatic N) is 3. The second-order valence-corrected chi connectivity index (χ2v) is 7.45. The smallest absolute Gasteiger partial charge is 0.253 e. The Hall–Kier alpha value is -2.70. The number of hydrogen-bond donors (Lipinski definition) is 2. The molecule has 6 nitrogen and oxygen atoms in total. The molecule has 1 saturated heterocycles. The van der Waals surface area contributed by atoms with Crippen LogP contribution in [-0.2, 0) is 19.6 Å². The summed E-state index contributed by atoms with van der Waals surface area (Å²) >= 11 is 0. The molecule has 1 aliphatic heterocycles. The van der Waals surface area contributed by atoms with Crippen molar-refractivity contribution in [3.63, 3.8) is 0 Å². The van der Waals surface area contributed by atoms with Crippen molar-refractivity contribution < 1.29 is 15.0 Å². The van der Waals surface area contributed by atoms with Crippen LogP contribution in [0.3, 0.4) is 0 Å². The van der Waals surface area contributed by atoms with Gasteiger partial charge in [-0.1, -0.05) is 24.3 Å². The first kappa shape index (κ1) is 18.7. The lowest BCUT2D eigenvalue weighted by atomic mass is 9.97. The van der Waals surface area contributed by atoms with Gasteiger partial charge in [-0.25, -0.2) is 4.98 Å². The second kappa shape index (κ2) is 8.12. The third-order valence-corrected chi connectivity index (χ3v) is 5.48. The molecule has 0 radical (unpaired) electrons. The first-order valence-electron chi connectivity index (χ1n) is 9.71. The van der Waals surface area contributed by atoms with Gasteiger partial charge in [-0.2, -0.15) is 0 Å². The standard InChI is InChI=1S/C22H25N3O3/c26-9-8-25-15-23-20-12-19(4-5-21(20)25)22(28)24-7-6-17(13-24)10-16-2-1-3-18(11-16)14-27/h1-5,11-12,15,17,26-27H,6-10,13-14H2/t17-/m0/s1. The van der Waals surface area contributed by atoms with Crippen molar-refractivity contribution in [2.24, 2.45) is 5.92 Å². The minimum absolute atomic E-state index is 0.0465.